The molecule has 7 nitrogen and oxygen atoms in total. The van der Waals surface area contributed by atoms with Crippen LogP contribution in [0.2, 0.25) is 0 Å². The minimum Gasteiger partial charge on any atom is -0.493 e. The van der Waals surface area contributed by atoms with Gasteiger partial charge in [0, 0.05) is 12.0 Å². The Morgan fingerprint density at radius 3 is 2.26 bits per heavy atom. The van der Waals surface area contributed by atoms with E-state index in [0.717, 1.165) is 12.0 Å². The van der Waals surface area contributed by atoms with E-state index >= 15 is 0 Å². The Labute approximate surface area is 210 Å². The molecule has 0 radical (unpaired) electrons. The molecule has 0 aliphatic rings. The number of carbonyl (C=O) groups is 2. The Balaban J connectivity index is 1.38. The minimum atomic E-state index is -0.433. The molecule has 8 heteroatoms. The molecule has 35 heavy (non-hydrogen) atoms. The Morgan fingerprint density at radius 1 is 0.857 bits per heavy atom. The maximum atomic E-state index is 12.4. The summed E-state index contributed by atoms with van der Waals surface area (Å²) in [5, 5.41) is 2.49. The highest BCUT2D eigenvalue weighted by atomic mass is 32.1. The number of carbonyl (C=O) groups excluding carboxylic acids is 2. The maximum Gasteiger partial charge on any atom is 0.276 e. The van der Waals surface area contributed by atoms with Gasteiger partial charge in [-0.05, 0) is 59.6 Å². The molecule has 0 atom stereocenters. The predicted molar refractivity (Wildman–Crippen MR) is 139 cm³/mol. The molecule has 0 unspecified atom stereocenters. The summed E-state index contributed by atoms with van der Waals surface area (Å²) >= 11 is 5.09. The van der Waals surface area contributed by atoms with E-state index in [0.29, 0.717) is 23.7 Å². The summed E-state index contributed by atoms with van der Waals surface area (Å²) < 4.78 is 11.3. The van der Waals surface area contributed by atoms with Crippen LogP contribution in [0.4, 0.5) is 0 Å². The average Bonchev–Trinajstić information content (AvgIpc) is 2.87. The highest BCUT2D eigenvalue weighted by molar-refractivity contribution is 7.80. The van der Waals surface area contributed by atoms with Gasteiger partial charge in [-0.1, -0.05) is 62.4 Å². The number of rotatable bonds is 9. The highest BCUT2D eigenvalue weighted by Gasteiger charge is 2.11. The SMILES string of the molecule is CC(C)c1ccccc1OCC(=O)NNC(=S)NC(=O)c1ccc(OCCc2ccccc2)cc1. The zero-order valence-electron chi connectivity index (χ0n) is 19.7. The van der Waals surface area contributed by atoms with Crippen LogP contribution in [0.25, 0.3) is 0 Å². The van der Waals surface area contributed by atoms with Gasteiger partial charge in [0.25, 0.3) is 11.8 Å². The zero-order chi connectivity index (χ0) is 25.0. The number of hydrogen-bond acceptors (Lipinski definition) is 5. The van der Waals surface area contributed by atoms with Crippen LogP contribution in [0.5, 0.6) is 11.5 Å². The summed E-state index contributed by atoms with van der Waals surface area (Å²) in [6.45, 7) is 4.45. The van der Waals surface area contributed by atoms with Crippen LogP contribution in [0.3, 0.4) is 0 Å². The Hall–Kier alpha value is -3.91. The van der Waals surface area contributed by atoms with E-state index in [1.807, 2.05) is 42.5 Å². The van der Waals surface area contributed by atoms with Gasteiger partial charge in [0.05, 0.1) is 6.61 Å². The van der Waals surface area contributed by atoms with Crippen molar-refractivity contribution in [3.8, 4) is 11.5 Å². The van der Waals surface area contributed by atoms with E-state index in [1.54, 1.807) is 24.3 Å². The Bertz CT molecular complexity index is 1130. The third-order valence-electron chi connectivity index (χ3n) is 5.06. The van der Waals surface area contributed by atoms with Gasteiger partial charge in [-0.2, -0.15) is 0 Å². The number of hydrogen-bond donors (Lipinski definition) is 3. The van der Waals surface area contributed by atoms with E-state index in [4.69, 9.17) is 21.7 Å². The monoisotopic (exact) mass is 491 g/mol. The highest BCUT2D eigenvalue weighted by Crippen LogP contribution is 2.25. The second-order valence-corrected chi connectivity index (χ2v) is 8.45. The molecule has 0 saturated heterocycles. The fraction of sp³-hybridized carbons (Fsp3) is 0.222. The first-order valence-electron chi connectivity index (χ1n) is 11.3. The lowest BCUT2D eigenvalue weighted by Crippen LogP contribution is -2.49. The first-order chi connectivity index (χ1) is 16.9. The van der Waals surface area contributed by atoms with Crippen molar-refractivity contribution in [2.45, 2.75) is 26.2 Å². The molecule has 0 aliphatic carbocycles. The quantitative estimate of drug-likeness (QED) is 0.308. The summed E-state index contributed by atoms with van der Waals surface area (Å²) in [5.41, 5.74) is 7.54. The molecule has 0 saturated carbocycles. The molecule has 0 bridgehead atoms. The fourth-order valence-electron chi connectivity index (χ4n) is 3.24. The lowest BCUT2D eigenvalue weighted by atomic mass is 10.0. The molecule has 0 fully saturated rings. The molecular weight excluding hydrogens is 462 g/mol. The minimum absolute atomic E-state index is 0.0332. The summed E-state index contributed by atoms with van der Waals surface area (Å²) in [6, 6.07) is 24.4. The van der Waals surface area contributed by atoms with Gasteiger partial charge in [0.2, 0.25) is 0 Å². The van der Waals surface area contributed by atoms with Gasteiger partial charge in [-0.15, -0.1) is 0 Å². The van der Waals surface area contributed by atoms with E-state index < -0.39 is 11.8 Å². The molecule has 0 spiro atoms. The van der Waals surface area contributed by atoms with Crippen molar-refractivity contribution in [2.24, 2.45) is 0 Å². The van der Waals surface area contributed by atoms with Crippen molar-refractivity contribution < 1.29 is 19.1 Å². The summed E-state index contributed by atoms with van der Waals surface area (Å²) in [5.74, 6) is 0.752. The molecule has 0 aromatic heterocycles. The molecule has 3 aromatic rings. The van der Waals surface area contributed by atoms with E-state index in [1.165, 1.54) is 5.56 Å². The van der Waals surface area contributed by atoms with Gasteiger partial charge in [-0.3, -0.25) is 25.8 Å². The predicted octanol–water partition coefficient (Wildman–Crippen LogP) is 4.15. The second-order valence-electron chi connectivity index (χ2n) is 8.05. The van der Waals surface area contributed by atoms with Crippen LogP contribution >= 0.6 is 12.2 Å². The third-order valence-corrected chi connectivity index (χ3v) is 5.27. The molecule has 3 N–H and O–H groups in total. The maximum absolute atomic E-state index is 12.4. The Kier molecular flexibility index (Phi) is 9.62. The van der Waals surface area contributed by atoms with E-state index in [2.05, 4.69) is 42.1 Å². The molecule has 182 valence electrons. The summed E-state index contributed by atoms with van der Waals surface area (Å²) in [4.78, 5) is 24.5. The fourth-order valence-corrected chi connectivity index (χ4v) is 3.38. The largest absolute Gasteiger partial charge is 0.493 e. The molecule has 0 heterocycles. The summed E-state index contributed by atoms with van der Waals surface area (Å²) in [6.07, 6.45) is 0.796. The standard InChI is InChI=1S/C27H29N3O4S/c1-19(2)23-10-6-7-11-24(23)34-18-25(31)29-30-27(35)28-26(32)21-12-14-22(15-13-21)33-17-16-20-8-4-3-5-9-20/h3-15,19H,16-18H2,1-2H3,(H,29,31)(H2,28,30,32,35). The second kappa shape index (κ2) is 13.1. The van der Waals surface area contributed by atoms with Crippen molar-refractivity contribution in [1.82, 2.24) is 16.2 Å². The first-order valence-corrected chi connectivity index (χ1v) is 11.7. The number of nitrogens with one attached hydrogen (secondary N) is 3. The van der Waals surface area contributed by atoms with Crippen molar-refractivity contribution in [3.63, 3.8) is 0 Å². The lowest BCUT2D eigenvalue weighted by molar-refractivity contribution is -0.123. The zero-order valence-corrected chi connectivity index (χ0v) is 20.6. The molecule has 0 aliphatic heterocycles. The number of hydrazine groups is 1. The van der Waals surface area contributed by atoms with Gasteiger partial charge in [0.15, 0.2) is 11.7 Å². The molecule has 3 aromatic carbocycles. The van der Waals surface area contributed by atoms with Gasteiger partial charge >= 0.3 is 0 Å². The average molecular weight is 492 g/mol. The first kappa shape index (κ1) is 25.7. The van der Waals surface area contributed by atoms with E-state index in [9.17, 15) is 9.59 Å². The van der Waals surface area contributed by atoms with Gasteiger partial charge < -0.3 is 9.47 Å². The van der Waals surface area contributed by atoms with Crippen LogP contribution in [-0.4, -0.2) is 30.1 Å². The van der Waals surface area contributed by atoms with E-state index in [-0.39, 0.29) is 17.6 Å². The molecular formula is C27H29N3O4S. The normalized spacial score (nSPS) is 10.4. The lowest BCUT2D eigenvalue weighted by Gasteiger charge is -2.14. The van der Waals surface area contributed by atoms with Crippen LogP contribution in [0, 0.1) is 0 Å². The Morgan fingerprint density at radius 2 is 1.54 bits per heavy atom. The number of thiocarbonyl (C=S) groups is 1. The number of ether oxygens (including phenoxy) is 2. The van der Waals surface area contributed by atoms with Crippen LogP contribution in [-0.2, 0) is 11.2 Å². The van der Waals surface area contributed by atoms with Crippen molar-refractivity contribution in [3.05, 3.63) is 95.6 Å². The topological polar surface area (TPSA) is 88.7 Å². The third kappa shape index (κ3) is 8.42. The van der Waals surface area contributed by atoms with Gasteiger partial charge in [0.1, 0.15) is 11.5 Å². The van der Waals surface area contributed by atoms with Crippen LogP contribution in [0.15, 0.2) is 78.9 Å². The van der Waals surface area contributed by atoms with Crippen LogP contribution in [0.1, 0.15) is 41.3 Å². The van der Waals surface area contributed by atoms with Crippen molar-refractivity contribution in [2.75, 3.05) is 13.2 Å². The van der Waals surface area contributed by atoms with Crippen molar-refractivity contribution >= 4 is 29.1 Å². The van der Waals surface area contributed by atoms with Gasteiger partial charge in [-0.25, -0.2) is 0 Å². The number of benzene rings is 3. The number of para-hydroxylation sites is 1. The molecule has 3 rings (SSSR count). The smallest absolute Gasteiger partial charge is 0.276 e. The summed E-state index contributed by atoms with van der Waals surface area (Å²) in [7, 11) is 0. The van der Waals surface area contributed by atoms with Crippen LogP contribution < -0.4 is 25.6 Å². The number of amides is 2. The van der Waals surface area contributed by atoms with Crippen molar-refractivity contribution in [1.29, 1.82) is 0 Å². The molecule has 2 amide bonds.